The summed E-state index contributed by atoms with van der Waals surface area (Å²) in [5.41, 5.74) is 6.35. The van der Waals surface area contributed by atoms with Crippen LogP contribution in [0.1, 0.15) is 36.1 Å². The Bertz CT molecular complexity index is 2260. The van der Waals surface area contributed by atoms with Crippen LogP contribution in [0.4, 0.5) is 0 Å². The lowest BCUT2D eigenvalue weighted by Crippen LogP contribution is -2.31. The molecule has 8 nitrogen and oxygen atoms in total. The normalized spacial score (nSPS) is 12.0. The minimum absolute atomic E-state index is 0.0911. The molecule has 0 spiro atoms. The number of hydrogen-bond acceptors (Lipinski definition) is 8. The van der Waals surface area contributed by atoms with E-state index in [0.29, 0.717) is 34.1 Å². The van der Waals surface area contributed by atoms with Gasteiger partial charge in [-0.25, -0.2) is 9.59 Å². The Morgan fingerprint density at radius 1 is 0.466 bits per heavy atom. The van der Waals surface area contributed by atoms with Crippen molar-refractivity contribution in [1.82, 2.24) is 0 Å². The van der Waals surface area contributed by atoms with Crippen LogP contribution in [-0.2, 0) is 19.1 Å². The van der Waals surface area contributed by atoms with E-state index in [4.69, 9.17) is 28.4 Å². The Morgan fingerprint density at radius 2 is 0.793 bits per heavy atom. The minimum Gasteiger partial charge on any atom is -0.490 e. The molecule has 6 rings (SSSR count). The van der Waals surface area contributed by atoms with Crippen molar-refractivity contribution in [2.45, 2.75) is 53.8 Å². The van der Waals surface area contributed by atoms with Crippen LogP contribution in [0.15, 0.2) is 133 Å². The van der Waals surface area contributed by atoms with E-state index in [2.05, 4.69) is 37.4 Å². The van der Waals surface area contributed by atoms with Crippen LogP contribution in [0, 0.1) is 27.7 Å². The number of ether oxygens (including phenoxy) is 6. The van der Waals surface area contributed by atoms with E-state index in [0.717, 1.165) is 54.9 Å². The van der Waals surface area contributed by atoms with Crippen molar-refractivity contribution in [3.05, 3.63) is 156 Å². The first-order chi connectivity index (χ1) is 27.8. The van der Waals surface area contributed by atoms with Crippen LogP contribution in [-0.4, -0.2) is 50.6 Å². The summed E-state index contributed by atoms with van der Waals surface area (Å²) in [7, 11) is 0. The molecule has 0 aliphatic heterocycles. The first-order valence-electron chi connectivity index (χ1n) is 19.3. The number of fused-ring (bicyclic) bond motifs is 2. The molecule has 6 aromatic carbocycles. The van der Waals surface area contributed by atoms with E-state index in [1.54, 1.807) is 13.8 Å². The van der Waals surface area contributed by atoms with Gasteiger partial charge in [0.25, 0.3) is 0 Å². The molecular formula is C50H50O8. The molecule has 0 aromatic heterocycles. The second kappa shape index (κ2) is 18.6. The van der Waals surface area contributed by atoms with Gasteiger partial charge in [-0.05, 0) is 145 Å². The summed E-state index contributed by atoms with van der Waals surface area (Å²) >= 11 is 0. The number of benzene rings is 6. The zero-order chi connectivity index (χ0) is 41.3. The van der Waals surface area contributed by atoms with Crippen LogP contribution in [0.25, 0.3) is 32.7 Å². The molecule has 0 heterocycles. The van der Waals surface area contributed by atoms with Crippen LogP contribution in [0.2, 0.25) is 0 Å². The van der Waals surface area contributed by atoms with Gasteiger partial charge >= 0.3 is 11.9 Å². The molecule has 0 saturated heterocycles. The van der Waals surface area contributed by atoms with Gasteiger partial charge in [-0.2, -0.15) is 0 Å². The van der Waals surface area contributed by atoms with E-state index in [-0.39, 0.29) is 26.4 Å². The molecule has 58 heavy (non-hydrogen) atoms. The highest BCUT2D eigenvalue weighted by atomic mass is 16.6. The zero-order valence-corrected chi connectivity index (χ0v) is 34.1. The highest BCUT2D eigenvalue weighted by Crippen LogP contribution is 2.35. The van der Waals surface area contributed by atoms with Crippen molar-refractivity contribution in [2.24, 2.45) is 0 Å². The second-order valence-corrected chi connectivity index (χ2v) is 14.8. The summed E-state index contributed by atoms with van der Waals surface area (Å²) in [6, 6.07) is 36.1. The fourth-order valence-electron chi connectivity index (χ4n) is 6.67. The summed E-state index contributed by atoms with van der Waals surface area (Å²) in [5, 5.41) is 4.33. The summed E-state index contributed by atoms with van der Waals surface area (Å²) in [4.78, 5) is 25.1. The first-order valence-corrected chi connectivity index (χ1v) is 19.3. The average Bonchev–Trinajstić information content (AvgIpc) is 3.20. The van der Waals surface area contributed by atoms with Crippen LogP contribution < -0.4 is 18.9 Å². The molecule has 2 atom stereocenters. The van der Waals surface area contributed by atoms with Crippen molar-refractivity contribution >= 4 is 33.5 Å². The zero-order valence-electron chi connectivity index (χ0n) is 34.1. The predicted molar refractivity (Wildman–Crippen MR) is 230 cm³/mol. The summed E-state index contributed by atoms with van der Waals surface area (Å²) < 4.78 is 36.3. The fraction of sp³-hybridized carbons (Fsp3) is 0.240. The van der Waals surface area contributed by atoms with Gasteiger partial charge in [-0.3, -0.25) is 0 Å². The van der Waals surface area contributed by atoms with E-state index in [1.807, 2.05) is 113 Å². The number of rotatable bonds is 17. The molecular weight excluding hydrogens is 729 g/mol. The third-order valence-corrected chi connectivity index (χ3v) is 9.64. The van der Waals surface area contributed by atoms with Crippen molar-refractivity contribution in [2.75, 3.05) is 26.4 Å². The summed E-state index contributed by atoms with van der Waals surface area (Å²) in [6.07, 6.45) is -1.36. The van der Waals surface area contributed by atoms with Gasteiger partial charge in [0.1, 0.15) is 49.4 Å². The molecule has 2 unspecified atom stereocenters. The molecule has 8 heteroatoms. The molecule has 0 aliphatic carbocycles. The van der Waals surface area contributed by atoms with E-state index in [9.17, 15) is 9.59 Å². The highest BCUT2D eigenvalue weighted by Gasteiger charge is 2.21. The monoisotopic (exact) mass is 778 g/mol. The topological polar surface area (TPSA) is 89.5 Å². The molecule has 0 aliphatic rings. The molecule has 0 amide bonds. The van der Waals surface area contributed by atoms with Crippen molar-refractivity contribution in [3.63, 3.8) is 0 Å². The Kier molecular flexibility index (Phi) is 13.2. The van der Waals surface area contributed by atoms with Crippen LogP contribution in [0.5, 0.6) is 23.0 Å². The largest absolute Gasteiger partial charge is 0.490 e. The molecule has 0 bridgehead atoms. The molecule has 0 radical (unpaired) electrons. The van der Waals surface area contributed by atoms with Gasteiger partial charge in [-0.1, -0.05) is 73.8 Å². The quantitative estimate of drug-likeness (QED) is 0.0668. The number of aryl methyl sites for hydroxylation is 4. The lowest BCUT2D eigenvalue weighted by molar-refractivity contribution is -0.148. The second-order valence-electron chi connectivity index (χ2n) is 14.8. The van der Waals surface area contributed by atoms with Gasteiger partial charge in [0.05, 0.1) is 0 Å². The van der Waals surface area contributed by atoms with Crippen LogP contribution >= 0.6 is 0 Å². The van der Waals surface area contributed by atoms with Gasteiger partial charge in [-0.15, -0.1) is 0 Å². The maximum absolute atomic E-state index is 12.6. The molecule has 6 aromatic rings. The Hall–Kier alpha value is -6.54. The summed E-state index contributed by atoms with van der Waals surface area (Å²) in [6.45, 7) is 19.1. The van der Waals surface area contributed by atoms with Gasteiger partial charge in [0.2, 0.25) is 0 Å². The van der Waals surface area contributed by atoms with Crippen molar-refractivity contribution in [1.29, 1.82) is 0 Å². The van der Waals surface area contributed by atoms with E-state index in [1.165, 1.54) is 0 Å². The maximum atomic E-state index is 12.6. The Morgan fingerprint density at radius 3 is 1.14 bits per heavy atom. The average molecular weight is 779 g/mol. The van der Waals surface area contributed by atoms with Crippen molar-refractivity contribution < 1.29 is 38.0 Å². The van der Waals surface area contributed by atoms with Crippen LogP contribution in [0.3, 0.4) is 0 Å². The first kappa shape index (κ1) is 41.1. The minimum atomic E-state index is -0.679. The fourth-order valence-corrected chi connectivity index (χ4v) is 6.67. The smallest absolute Gasteiger partial charge is 0.333 e. The molecule has 0 saturated carbocycles. The van der Waals surface area contributed by atoms with Gasteiger partial charge in [0, 0.05) is 11.1 Å². The highest BCUT2D eigenvalue weighted by molar-refractivity contribution is 5.88. The number of hydrogen-bond donors (Lipinski definition) is 0. The number of carbonyl (C=O) groups excluding carboxylic acids is 2. The molecule has 0 fully saturated rings. The third kappa shape index (κ3) is 10.4. The lowest BCUT2D eigenvalue weighted by Gasteiger charge is -2.22. The lowest BCUT2D eigenvalue weighted by atomic mass is 9.96. The predicted octanol–water partition coefficient (Wildman–Crippen LogP) is 10.8. The Balaban J connectivity index is 1.12. The molecule has 0 N–H and O–H groups in total. The molecule has 298 valence electrons. The van der Waals surface area contributed by atoms with E-state index >= 15 is 0 Å². The number of carbonyl (C=O) groups is 2. The van der Waals surface area contributed by atoms with Gasteiger partial charge in [0.15, 0.2) is 12.2 Å². The SMILES string of the molecule is C=C(C)C(=O)OC(COc1ccc2ccccc2c1)COc1c(C)cc(-c2cc(C)c(OCC(COc3ccc4ccccc4c3)OC(=O)C(=C)C)c(C)c2)cc1C. The van der Waals surface area contributed by atoms with Gasteiger partial charge < -0.3 is 28.4 Å². The van der Waals surface area contributed by atoms with E-state index < -0.39 is 24.1 Å². The maximum Gasteiger partial charge on any atom is 0.333 e. The Labute approximate surface area is 340 Å². The van der Waals surface area contributed by atoms with Crippen molar-refractivity contribution in [3.8, 4) is 34.1 Å². The number of esters is 2. The summed E-state index contributed by atoms with van der Waals surface area (Å²) in [5.74, 6) is 1.75. The third-order valence-electron chi connectivity index (χ3n) is 9.64. The standard InChI is InChI=1S/C50H50O8/c1-31(2)49(51)57-45(27-53-43-19-17-37-13-9-11-15-39(37)25-43)29-55-47-33(5)21-41(22-34(47)6)42-23-35(7)48(36(8)24-42)56-30-46(58-50(52)32(3)4)28-54-44-20-18-38-14-10-12-16-40(38)26-44/h9-26,45-46H,1,3,27-30H2,2,4-8H3.